The number of carbonyl (C=O) groups is 1. The zero-order chi connectivity index (χ0) is 26.4. The molecule has 3 aromatic rings. The molecule has 1 amide bonds. The third kappa shape index (κ3) is 4.63. The van der Waals surface area contributed by atoms with E-state index in [-0.39, 0.29) is 40.8 Å². The number of hydrogen-bond acceptors (Lipinski definition) is 4. The summed E-state index contributed by atoms with van der Waals surface area (Å²) in [4.78, 5) is 15.1. The normalized spacial score (nSPS) is 15.7. The maximum atomic E-state index is 13.7. The van der Waals surface area contributed by atoms with E-state index in [0.29, 0.717) is 11.3 Å². The molecule has 0 aliphatic carbocycles. The highest BCUT2D eigenvalue weighted by atomic mass is 35.5. The fourth-order valence-corrected chi connectivity index (χ4v) is 4.59. The molecule has 0 saturated carbocycles. The number of benzene rings is 2. The van der Waals surface area contributed by atoms with Crippen molar-refractivity contribution >= 4 is 17.5 Å². The summed E-state index contributed by atoms with van der Waals surface area (Å²) in [6, 6.07) is 10.0. The zero-order valence-corrected chi connectivity index (χ0v) is 20.3. The molecule has 0 fully saturated rings. The van der Waals surface area contributed by atoms with Gasteiger partial charge in [-0.3, -0.25) is 4.79 Å². The molecule has 1 aliphatic heterocycles. The van der Waals surface area contributed by atoms with E-state index < -0.39 is 23.6 Å². The van der Waals surface area contributed by atoms with Gasteiger partial charge in [0.05, 0.1) is 28.2 Å². The van der Waals surface area contributed by atoms with Gasteiger partial charge in [-0.25, -0.2) is 9.07 Å². The Kier molecular flexibility index (Phi) is 6.47. The predicted octanol–water partition coefficient (Wildman–Crippen LogP) is 5.80. The molecule has 36 heavy (non-hydrogen) atoms. The second-order valence-corrected chi connectivity index (χ2v) is 9.54. The van der Waals surface area contributed by atoms with Crippen LogP contribution in [-0.2, 0) is 12.0 Å². The predicted molar refractivity (Wildman–Crippen MR) is 124 cm³/mol. The molecule has 1 atom stereocenters. The van der Waals surface area contributed by atoms with Crippen molar-refractivity contribution in [3.8, 4) is 17.5 Å². The standard InChI is InChI=1S/C25H21ClF4N4O2/c1-14(25(28,29)30)36-19-9-4-15(10-31)21(26)20(19)23(35)33-12-16-11-32-34(22(16)24(2,3)13-33)18-7-5-17(27)6-8-18/h4-9,11,14H,12-13H2,1-3H3. The molecule has 0 radical (unpaired) electrons. The summed E-state index contributed by atoms with van der Waals surface area (Å²) in [7, 11) is 0. The van der Waals surface area contributed by atoms with Crippen LogP contribution in [0.15, 0.2) is 42.6 Å². The van der Waals surface area contributed by atoms with Crippen LogP contribution < -0.4 is 4.74 Å². The van der Waals surface area contributed by atoms with Crippen LogP contribution in [0.5, 0.6) is 5.75 Å². The summed E-state index contributed by atoms with van der Waals surface area (Å²) in [5.41, 5.74) is 1.16. The van der Waals surface area contributed by atoms with E-state index in [1.807, 2.05) is 19.9 Å². The Morgan fingerprint density at radius 1 is 1.22 bits per heavy atom. The molecule has 1 aliphatic rings. The Hall–Kier alpha value is -3.58. The van der Waals surface area contributed by atoms with Crippen molar-refractivity contribution in [1.29, 1.82) is 5.26 Å². The highest BCUT2D eigenvalue weighted by Gasteiger charge is 2.41. The van der Waals surface area contributed by atoms with Crippen LogP contribution in [0, 0.1) is 17.1 Å². The van der Waals surface area contributed by atoms with Crippen molar-refractivity contribution in [2.45, 2.75) is 45.0 Å². The molecule has 1 unspecified atom stereocenters. The van der Waals surface area contributed by atoms with Crippen LogP contribution in [0.25, 0.3) is 5.69 Å². The van der Waals surface area contributed by atoms with Crippen LogP contribution in [0.1, 0.15) is 48.0 Å². The van der Waals surface area contributed by atoms with Crippen LogP contribution in [-0.4, -0.2) is 39.4 Å². The summed E-state index contributed by atoms with van der Waals surface area (Å²) < 4.78 is 59.7. The zero-order valence-electron chi connectivity index (χ0n) is 19.5. The van der Waals surface area contributed by atoms with Crippen molar-refractivity contribution in [2.24, 2.45) is 0 Å². The monoisotopic (exact) mass is 520 g/mol. The van der Waals surface area contributed by atoms with Crippen LogP contribution in [0.2, 0.25) is 5.02 Å². The first-order valence-corrected chi connectivity index (χ1v) is 11.3. The number of aromatic nitrogens is 2. The Balaban J connectivity index is 1.73. The van der Waals surface area contributed by atoms with E-state index in [9.17, 15) is 27.6 Å². The molecule has 6 nitrogen and oxygen atoms in total. The van der Waals surface area contributed by atoms with Gasteiger partial charge in [0.25, 0.3) is 5.91 Å². The average Bonchev–Trinajstić information content (AvgIpc) is 3.24. The molecule has 0 spiro atoms. The number of amides is 1. The second-order valence-electron chi connectivity index (χ2n) is 9.17. The van der Waals surface area contributed by atoms with Gasteiger partial charge in [0.15, 0.2) is 6.10 Å². The summed E-state index contributed by atoms with van der Waals surface area (Å²) in [6.45, 7) is 4.88. The number of nitrogens with zero attached hydrogens (tertiary/aromatic N) is 4. The van der Waals surface area contributed by atoms with Gasteiger partial charge >= 0.3 is 6.18 Å². The highest BCUT2D eigenvalue weighted by molar-refractivity contribution is 6.35. The Bertz CT molecular complexity index is 1360. The maximum absolute atomic E-state index is 13.7. The van der Waals surface area contributed by atoms with Gasteiger partial charge < -0.3 is 9.64 Å². The number of ether oxygens (including phenoxy) is 1. The molecule has 0 N–H and O–H groups in total. The van der Waals surface area contributed by atoms with Crippen molar-refractivity contribution in [3.05, 3.63) is 75.8 Å². The van der Waals surface area contributed by atoms with E-state index in [2.05, 4.69) is 5.10 Å². The van der Waals surface area contributed by atoms with Crippen molar-refractivity contribution < 1.29 is 27.1 Å². The fraction of sp³-hybridized carbons (Fsp3) is 0.320. The maximum Gasteiger partial charge on any atom is 0.425 e. The molecular formula is C25H21ClF4N4O2. The quantitative estimate of drug-likeness (QED) is 0.408. The van der Waals surface area contributed by atoms with Crippen LogP contribution in [0.3, 0.4) is 0 Å². The topological polar surface area (TPSA) is 71.2 Å². The lowest BCUT2D eigenvalue weighted by molar-refractivity contribution is -0.189. The molecule has 188 valence electrons. The minimum atomic E-state index is -4.67. The largest absolute Gasteiger partial charge is 0.480 e. The van der Waals surface area contributed by atoms with Gasteiger partial charge in [0.1, 0.15) is 23.2 Å². The first-order chi connectivity index (χ1) is 16.8. The average molecular weight is 521 g/mol. The van der Waals surface area contributed by atoms with Crippen LogP contribution in [0.4, 0.5) is 17.6 Å². The fourth-order valence-electron chi connectivity index (χ4n) is 4.31. The molecule has 2 aromatic carbocycles. The van der Waals surface area contributed by atoms with Gasteiger partial charge in [-0.05, 0) is 43.3 Å². The Labute approximate surface area is 209 Å². The number of nitriles is 1. The van der Waals surface area contributed by atoms with Crippen molar-refractivity contribution in [2.75, 3.05) is 6.54 Å². The summed E-state index contributed by atoms with van der Waals surface area (Å²) in [6.07, 6.45) is -5.28. The first kappa shape index (κ1) is 25.5. The summed E-state index contributed by atoms with van der Waals surface area (Å²) in [5, 5.41) is 13.5. The molecule has 0 saturated heterocycles. The van der Waals surface area contributed by atoms with E-state index in [4.69, 9.17) is 16.3 Å². The number of alkyl halides is 3. The number of carbonyl (C=O) groups excluding carboxylic acids is 1. The lowest BCUT2D eigenvalue weighted by Gasteiger charge is -2.39. The Morgan fingerprint density at radius 3 is 2.50 bits per heavy atom. The van der Waals surface area contributed by atoms with Gasteiger partial charge in [-0.1, -0.05) is 25.4 Å². The smallest absolute Gasteiger partial charge is 0.425 e. The van der Waals surface area contributed by atoms with E-state index in [1.54, 1.807) is 23.0 Å². The van der Waals surface area contributed by atoms with Crippen LogP contribution >= 0.6 is 11.6 Å². The van der Waals surface area contributed by atoms with Gasteiger partial charge in [0, 0.05) is 24.1 Å². The highest BCUT2D eigenvalue weighted by Crippen LogP contribution is 2.39. The minimum absolute atomic E-state index is 0.0619. The van der Waals surface area contributed by atoms with E-state index in [0.717, 1.165) is 18.7 Å². The van der Waals surface area contributed by atoms with E-state index in [1.165, 1.54) is 23.1 Å². The molecule has 11 heteroatoms. The molecule has 2 heterocycles. The van der Waals surface area contributed by atoms with E-state index >= 15 is 0 Å². The van der Waals surface area contributed by atoms with Gasteiger partial charge in [0.2, 0.25) is 0 Å². The van der Waals surface area contributed by atoms with Crippen molar-refractivity contribution in [1.82, 2.24) is 14.7 Å². The lowest BCUT2D eigenvalue weighted by atomic mass is 9.82. The third-order valence-corrected chi connectivity index (χ3v) is 6.39. The third-order valence-electron chi connectivity index (χ3n) is 5.99. The molecule has 0 bridgehead atoms. The summed E-state index contributed by atoms with van der Waals surface area (Å²) in [5.74, 6) is -1.42. The molecule has 4 rings (SSSR count). The van der Waals surface area contributed by atoms with Crippen molar-refractivity contribution in [3.63, 3.8) is 0 Å². The second kappa shape index (κ2) is 9.13. The summed E-state index contributed by atoms with van der Waals surface area (Å²) >= 11 is 6.32. The Morgan fingerprint density at radius 2 is 1.89 bits per heavy atom. The molecule has 1 aromatic heterocycles. The number of rotatable bonds is 4. The molecular weight excluding hydrogens is 500 g/mol. The SMILES string of the molecule is CC(Oc1ccc(C#N)c(Cl)c1C(=O)N1Cc2cnn(-c3ccc(F)cc3)c2C(C)(C)C1)C(F)(F)F. The van der Waals surface area contributed by atoms with Gasteiger partial charge in [-0.15, -0.1) is 0 Å². The number of hydrogen-bond donors (Lipinski definition) is 0. The van der Waals surface area contributed by atoms with Gasteiger partial charge in [-0.2, -0.15) is 23.5 Å². The minimum Gasteiger partial charge on any atom is -0.480 e. The first-order valence-electron chi connectivity index (χ1n) is 10.9. The number of halogens is 5. The number of fused-ring (bicyclic) bond motifs is 1. The lowest BCUT2D eigenvalue weighted by Crippen LogP contribution is -2.46.